The number of carbonyl (C=O) groups is 2. The predicted octanol–water partition coefficient (Wildman–Crippen LogP) is 3.70. The molecule has 0 aromatic heterocycles. The Labute approximate surface area is 179 Å². The van der Waals surface area contributed by atoms with Gasteiger partial charge in [-0.15, -0.1) is 0 Å². The van der Waals surface area contributed by atoms with Crippen LogP contribution in [0.1, 0.15) is 42.2 Å². The average molecular weight is 496 g/mol. The fourth-order valence-electron chi connectivity index (χ4n) is 2.56. The second kappa shape index (κ2) is 10.9. The van der Waals surface area contributed by atoms with Crippen molar-refractivity contribution in [3.05, 3.63) is 57.2 Å². The summed E-state index contributed by atoms with van der Waals surface area (Å²) in [6, 6.07) is 12.6. The van der Waals surface area contributed by atoms with E-state index >= 15 is 0 Å². The number of amides is 2. The molecule has 0 aliphatic heterocycles. The molecule has 1 unspecified atom stereocenters. The Morgan fingerprint density at radius 3 is 2.57 bits per heavy atom. The van der Waals surface area contributed by atoms with E-state index in [9.17, 15) is 9.59 Å². The zero-order valence-corrected chi connectivity index (χ0v) is 18.4. The molecule has 0 saturated carbocycles. The lowest BCUT2D eigenvalue weighted by Gasteiger charge is -2.17. The van der Waals surface area contributed by atoms with Crippen LogP contribution in [0, 0.1) is 3.57 Å². The van der Waals surface area contributed by atoms with Crippen molar-refractivity contribution >= 4 is 34.4 Å². The van der Waals surface area contributed by atoms with E-state index in [1.807, 2.05) is 44.2 Å². The Kier molecular flexibility index (Phi) is 8.56. The highest BCUT2D eigenvalue weighted by atomic mass is 127. The summed E-state index contributed by atoms with van der Waals surface area (Å²) >= 11 is 2.09. The molecule has 0 aliphatic carbocycles. The molecule has 2 aromatic carbocycles. The third kappa shape index (κ3) is 6.12. The van der Waals surface area contributed by atoms with Crippen molar-refractivity contribution < 1.29 is 19.1 Å². The number of hydrogen-bond donors (Lipinski definition) is 2. The Hall–Kier alpha value is -2.29. The first-order valence-corrected chi connectivity index (χ1v) is 10.2. The second-order valence-electron chi connectivity index (χ2n) is 6.21. The van der Waals surface area contributed by atoms with Gasteiger partial charge in [-0.25, -0.2) is 0 Å². The van der Waals surface area contributed by atoms with Gasteiger partial charge in [0.1, 0.15) is 0 Å². The number of benzene rings is 2. The summed E-state index contributed by atoms with van der Waals surface area (Å²) in [6.07, 6.45) is 0.908. The summed E-state index contributed by atoms with van der Waals surface area (Å²) in [5, 5.41) is 5.53. The lowest BCUT2D eigenvalue weighted by atomic mass is 10.1. The third-order valence-corrected chi connectivity index (χ3v) is 5.00. The molecule has 0 radical (unpaired) electrons. The number of hydrogen-bond acceptors (Lipinski definition) is 4. The Balaban J connectivity index is 1.93. The van der Waals surface area contributed by atoms with Gasteiger partial charge in [0, 0.05) is 3.57 Å². The molecule has 0 bridgehead atoms. The van der Waals surface area contributed by atoms with Crippen molar-refractivity contribution in [1.82, 2.24) is 10.6 Å². The first-order chi connectivity index (χ1) is 13.5. The molecular weight excluding hydrogens is 471 g/mol. The molecule has 2 amide bonds. The fraction of sp³-hybridized carbons (Fsp3) is 0.333. The number of carbonyl (C=O) groups excluding carboxylic acids is 2. The number of halogens is 1. The van der Waals surface area contributed by atoms with Gasteiger partial charge in [0.05, 0.1) is 31.9 Å². The van der Waals surface area contributed by atoms with E-state index in [-0.39, 0.29) is 24.4 Å². The van der Waals surface area contributed by atoms with Gasteiger partial charge in [0.15, 0.2) is 11.5 Å². The van der Waals surface area contributed by atoms with Gasteiger partial charge in [0.25, 0.3) is 5.91 Å². The molecule has 0 aliphatic rings. The molecule has 150 valence electrons. The second-order valence-corrected chi connectivity index (χ2v) is 7.37. The molecule has 7 heteroatoms. The van der Waals surface area contributed by atoms with Gasteiger partial charge in [-0.1, -0.05) is 25.1 Å². The number of methoxy groups -OCH3 is 1. The van der Waals surface area contributed by atoms with E-state index in [1.54, 1.807) is 19.2 Å². The lowest BCUT2D eigenvalue weighted by Crippen LogP contribution is -2.38. The van der Waals surface area contributed by atoms with Crippen molar-refractivity contribution in [3.8, 4) is 11.5 Å². The fourth-order valence-corrected chi connectivity index (χ4v) is 3.19. The number of rotatable bonds is 9. The molecule has 0 fully saturated rings. The molecule has 0 heterocycles. The van der Waals surface area contributed by atoms with Gasteiger partial charge in [-0.05, 0) is 65.8 Å². The highest BCUT2D eigenvalue weighted by Gasteiger charge is 2.15. The monoisotopic (exact) mass is 496 g/mol. The topological polar surface area (TPSA) is 76.7 Å². The van der Waals surface area contributed by atoms with Gasteiger partial charge in [-0.2, -0.15) is 0 Å². The summed E-state index contributed by atoms with van der Waals surface area (Å²) in [5.74, 6) is 0.763. The van der Waals surface area contributed by atoms with Crippen LogP contribution in [0.2, 0.25) is 0 Å². The van der Waals surface area contributed by atoms with Gasteiger partial charge in [0.2, 0.25) is 5.91 Å². The summed E-state index contributed by atoms with van der Waals surface area (Å²) in [5.41, 5.74) is 1.44. The highest BCUT2D eigenvalue weighted by molar-refractivity contribution is 14.1. The summed E-state index contributed by atoms with van der Waals surface area (Å²) in [7, 11) is 1.58. The van der Waals surface area contributed by atoms with Gasteiger partial charge < -0.3 is 20.1 Å². The van der Waals surface area contributed by atoms with Crippen LogP contribution in [0.5, 0.6) is 11.5 Å². The maximum Gasteiger partial charge on any atom is 0.252 e. The van der Waals surface area contributed by atoms with Crippen LogP contribution < -0.4 is 20.1 Å². The Bertz CT molecular complexity index is 826. The SMILES string of the molecule is CCCOc1ccc(C(C)NC(=O)CNC(=O)c2ccccc2I)cc1OC. The van der Waals surface area contributed by atoms with E-state index in [2.05, 4.69) is 33.2 Å². The summed E-state index contributed by atoms with van der Waals surface area (Å²) < 4.78 is 11.9. The lowest BCUT2D eigenvalue weighted by molar-refractivity contribution is -0.120. The van der Waals surface area contributed by atoms with E-state index in [0.29, 0.717) is 23.7 Å². The van der Waals surface area contributed by atoms with Crippen LogP contribution in [-0.4, -0.2) is 32.1 Å². The predicted molar refractivity (Wildman–Crippen MR) is 117 cm³/mol. The van der Waals surface area contributed by atoms with Crippen LogP contribution in [0.3, 0.4) is 0 Å². The molecule has 0 saturated heterocycles. The van der Waals surface area contributed by atoms with E-state index < -0.39 is 0 Å². The number of ether oxygens (including phenoxy) is 2. The van der Waals surface area contributed by atoms with E-state index in [1.165, 1.54) is 0 Å². The van der Waals surface area contributed by atoms with E-state index in [0.717, 1.165) is 15.6 Å². The van der Waals surface area contributed by atoms with Crippen LogP contribution >= 0.6 is 22.6 Å². The van der Waals surface area contributed by atoms with Crippen molar-refractivity contribution in [2.75, 3.05) is 20.3 Å². The van der Waals surface area contributed by atoms with E-state index in [4.69, 9.17) is 9.47 Å². The summed E-state index contributed by atoms with van der Waals surface area (Å²) in [4.78, 5) is 24.4. The highest BCUT2D eigenvalue weighted by Crippen LogP contribution is 2.30. The quantitative estimate of drug-likeness (QED) is 0.520. The minimum Gasteiger partial charge on any atom is -0.493 e. The van der Waals surface area contributed by atoms with Crippen LogP contribution in [0.15, 0.2) is 42.5 Å². The van der Waals surface area contributed by atoms with Crippen LogP contribution in [-0.2, 0) is 4.79 Å². The Morgan fingerprint density at radius 1 is 1.14 bits per heavy atom. The molecule has 2 aromatic rings. The molecule has 2 rings (SSSR count). The largest absolute Gasteiger partial charge is 0.493 e. The maximum atomic E-state index is 12.2. The average Bonchev–Trinajstić information content (AvgIpc) is 2.70. The number of nitrogens with one attached hydrogen (secondary N) is 2. The van der Waals surface area contributed by atoms with Crippen molar-refractivity contribution in [3.63, 3.8) is 0 Å². The molecule has 2 N–H and O–H groups in total. The first kappa shape index (κ1) is 22.0. The van der Waals surface area contributed by atoms with Crippen molar-refractivity contribution in [2.24, 2.45) is 0 Å². The van der Waals surface area contributed by atoms with Crippen LogP contribution in [0.25, 0.3) is 0 Å². The van der Waals surface area contributed by atoms with Gasteiger partial charge in [-0.3, -0.25) is 9.59 Å². The maximum absolute atomic E-state index is 12.2. The molecule has 28 heavy (non-hydrogen) atoms. The molecule has 1 atom stereocenters. The molecular formula is C21H25IN2O4. The van der Waals surface area contributed by atoms with Crippen molar-refractivity contribution in [2.45, 2.75) is 26.3 Å². The van der Waals surface area contributed by atoms with Gasteiger partial charge >= 0.3 is 0 Å². The summed E-state index contributed by atoms with van der Waals surface area (Å²) in [6.45, 7) is 4.43. The zero-order chi connectivity index (χ0) is 20.5. The minimum atomic E-state index is -0.271. The van der Waals surface area contributed by atoms with Crippen molar-refractivity contribution in [1.29, 1.82) is 0 Å². The normalized spacial score (nSPS) is 11.4. The third-order valence-electron chi connectivity index (χ3n) is 4.05. The smallest absolute Gasteiger partial charge is 0.252 e. The Morgan fingerprint density at radius 2 is 1.89 bits per heavy atom. The molecule has 0 spiro atoms. The van der Waals surface area contributed by atoms with Crippen LogP contribution in [0.4, 0.5) is 0 Å². The first-order valence-electron chi connectivity index (χ1n) is 9.09. The minimum absolute atomic E-state index is 0.0943. The standard InChI is InChI=1S/C21H25IN2O4/c1-4-11-28-18-10-9-15(12-19(18)27-3)14(2)24-20(25)13-23-21(26)16-7-5-6-8-17(16)22/h5-10,12,14H,4,11,13H2,1-3H3,(H,23,26)(H,24,25). The zero-order valence-electron chi connectivity index (χ0n) is 16.3. The molecule has 6 nitrogen and oxygen atoms in total.